The van der Waals surface area contributed by atoms with Crippen molar-refractivity contribution in [2.24, 2.45) is 0 Å². The Labute approximate surface area is 168 Å². The highest BCUT2D eigenvalue weighted by molar-refractivity contribution is 6.07. The van der Waals surface area contributed by atoms with Crippen LogP contribution in [-0.4, -0.2) is 22.6 Å². The van der Waals surface area contributed by atoms with Crippen molar-refractivity contribution in [2.75, 3.05) is 7.11 Å². The fourth-order valence-corrected chi connectivity index (χ4v) is 3.60. The van der Waals surface area contributed by atoms with E-state index in [1.807, 2.05) is 54.9 Å². The van der Waals surface area contributed by atoms with E-state index in [0.29, 0.717) is 17.8 Å². The molecule has 0 spiro atoms. The number of methoxy groups -OCH3 is 1. The van der Waals surface area contributed by atoms with Crippen molar-refractivity contribution >= 4 is 17.0 Å². The van der Waals surface area contributed by atoms with Gasteiger partial charge in [0.25, 0.3) is 0 Å². The lowest BCUT2D eigenvalue weighted by Gasteiger charge is -2.14. The first kappa shape index (κ1) is 18.9. The molecule has 0 N–H and O–H groups in total. The summed E-state index contributed by atoms with van der Waals surface area (Å²) in [4.78, 5) is 17.3. The molecule has 0 amide bonds. The maximum atomic E-state index is 13.2. The molecule has 4 rings (SSSR count). The second kappa shape index (κ2) is 7.51. The first-order chi connectivity index (χ1) is 14.0. The molecule has 2 aromatic heterocycles. The molecular formula is C24H21FN2O2. The number of hydrogen-bond acceptors (Lipinski definition) is 3. The number of carbonyl (C=O) groups is 1. The molecule has 146 valence electrons. The summed E-state index contributed by atoms with van der Waals surface area (Å²) in [7, 11) is 1.38. The number of ether oxygens (including phenoxy) is 1. The fraction of sp³-hybridized carbons (Fsp3) is 0.167. The smallest absolute Gasteiger partial charge is 0.340 e. The third-order valence-electron chi connectivity index (χ3n) is 5.08. The Morgan fingerprint density at radius 1 is 1.03 bits per heavy atom. The Morgan fingerprint density at radius 3 is 2.38 bits per heavy atom. The summed E-state index contributed by atoms with van der Waals surface area (Å²) in [6, 6.07) is 16.4. The van der Waals surface area contributed by atoms with Gasteiger partial charge in [-0.25, -0.2) is 14.2 Å². The molecule has 4 aromatic rings. The summed E-state index contributed by atoms with van der Waals surface area (Å²) in [5.74, 6) is -0.664. The Balaban J connectivity index is 1.92. The monoisotopic (exact) mass is 388 g/mol. The van der Waals surface area contributed by atoms with Crippen molar-refractivity contribution in [1.29, 1.82) is 0 Å². The van der Waals surface area contributed by atoms with E-state index in [0.717, 1.165) is 33.3 Å². The lowest BCUT2D eigenvalue weighted by atomic mass is 9.95. The topological polar surface area (TPSA) is 44.1 Å². The van der Waals surface area contributed by atoms with Crippen LogP contribution in [0.3, 0.4) is 0 Å². The molecule has 0 radical (unpaired) electrons. The van der Waals surface area contributed by atoms with Crippen LogP contribution in [0.2, 0.25) is 0 Å². The predicted molar refractivity (Wildman–Crippen MR) is 111 cm³/mol. The molecule has 0 fully saturated rings. The molecule has 0 aliphatic rings. The van der Waals surface area contributed by atoms with Crippen molar-refractivity contribution < 1.29 is 13.9 Å². The van der Waals surface area contributed by atoms with E-state index < -0.39 is 5.97 Å². The second-order valence-electron chi connectivity index (χ2n) is 7.11. The molecule has 0 aliphatic heterocycles. The molecule has 2 aromatic carbocycles. The maximum Gasteiger partial charge on any atom is 0.340 e. The lowest BCUT2D eigenvalue weighted by Crippen LogP contribution is -2.09. The van der Waals surface area contributed by atoms with Crippen molar-refractivity contribution in [3.8, 4) is 11.1 Å². The third kappa shape index (κ3) is 3.51. The number of aryl methyl sites for hydroxylation is 2. The summed E-state index contributed by atoms with van der Waals surface area (Å²) in [5.41, 5.74) is 5.72. The van der Waals surface area contributed by atoms with E-state index in [1.165, 1.54) is 19.2 Å². The van der Waals surface area contributed by atoms with Crippen LogP contribution < -0.4 is 0 Å². The van der Waals surface area contributed by atoms with Gasteiger partial charge in [0, 0.05) is 23.7 Å². The van der Waals surface area contributed by atoms with E-state index in [9.17, 15) is 9.18 Å². The molecule has 0 unspecified atom stereocenters. The molecule has 5 heteroatoms. The summed E-state index contributed by atoms with van der Waals surface area (Å²) in [6.07, 6.45) is 1.94. The largest absolute Gasteiger partial charge is 0.465 e. The number of pyridine rings is 1. The van der Waals surface area contributed by atoms with E-state index in [-0.39, 0.29) is 5.82 Å². The Hall–Kier alpha value is -3.47. The highest BCUT2D eigenvalue weighted by Crippen LogP contribution is 2.34. The zero-order valence-electron chi connectivity index (χ0n) is 16.6. The first-order valence-corrected chi connectivity index (χ1v) is 9.37. The van der Waals surface area contributed by atoms with Gasteiger partial charge in [0.2, 0.25) is 0 Å². The van der Waals surface area contributed by atoms with Crippen molar-refractivity contribution in [3.63, 3.8) is 0 Å². The number of hydrogen-bond donors (Lipinski definition) is 0. The Morgan fingerprint density at radius 2 is 1.72 bits per heavy atom. The number of carbonyl (C=O) groups excluding carboxylic acids is 1. The van der Waals surface area contributed by atoms with Crippen LogP contribution in [0.15, 0.2) is 60.8 Å². The van der Waals surface area contributed by atoms with Gasteiger partial charge < -0.3 is 9.30 Å². The van der Waals surface area contributed by atoms with Crippen LogP contribution >= 0.6 is 0 Å². The normalized spacial score (nSPS) is 11.0. The maximum absolute atomic E-state index is 13.2. The van der Waals surface area contributed by atoms with Crippen LogP contribution in [-0.2, 0) is 11.3 Å². The third-order valence-corrected chi connectivity index (χ3v) is 5.08. The zero-order valence-corrected chi connectivity index (χ0v) is 16.6. The van der Waals surface area contributed by atoms with Gasteiger partial charge in [-0.3, -0.25) is 0 Å². The number of fused-ring (bicyclic) bond motifs is 1. The highest BCUT2D eigenvalue weighted by atomic mass is 19.1. The van der Waals surface area contributed by atoms with Crippen molar-refractivity contribution in [3.05, 3.63) is 89.0 Å². The summed E-state index contributed by atoms with van der Waals surface area (Å²) >= 11 is 0. The van der Waals surface area contributed by atoms with E-state index in [2.05, 4.69) is 0 Å². The van der Waals surface area contributed by atoms with Gasteiger partial charge in [0.15, 0.2) is 0 Å². The van der Waals surface area contributed by atoms with E-state index >= 15 is 0 Å². The van der Waals surface area contributed by atoms with Gasteiger partial charge in [-0.15, -0.1) is 0 Å². The Kier molecular flexibility index (Phi) is 4.89. The molecule has 0 saturated carbocycles. The molecule has 0 saturated heterocycles. The van der Waals surface area contributed by atoms with E-state index in [1.54, 1.807) is 12.1 Å². The predicted octanol–water partition coefficient (Wildman–Crippen LogP) is 5.29. The van der Waals surface area contributed by atoms with Crippen LogP contribution in [0.5, 0.6) is 0 Å². The minimum absolute atomic E-state index is 0.260. The molecular weight excluding hydrogens is 367 g/mol. The molecule has 2 heterocycles. The van der Waals surface area contributed by atoms with Crippen LogP contribution in [0.1, 0.15) is 27.2 Å². The minimum atomic E-state index is -0.404. The minimum Gasteiger partial charge on any atom is -0.465 e. The standard InChI is InChI=1S/C24H21FN2O2/c1-15-4-8-18(9-5-15)22-20-12-13-27(14-17-6-10-19(25)11-7-17)23(20)26-16(2)21(22)24(28)29-3/h4-13H,14H2,1-3H3. The van der Waals surface area contributed by atoms with Gasteiger partial charge in [-0.1, -0.05) is 42.0 Å². The first-order valence-electron chi connectivity index (χ1n) is 9.37. The molecule has 0 atom stereocenters. The molecule has 0 aliphatic carbocycles. The fourth-order valence-electron chi connectivity index (χ4n) is 3.60. The zero-order chi connectivity index (χ0) is 20.5. The number of nitrogens with zero attached hydrogens (tertiary/aromatic N) is 2. The van der Waals surface area contributed by atoms with Gasteiger partial charge >= 0.3 is 5.97 Å². The van der Waals surface area contributed by atoms with Gasteiger partial charge in [0.05, 0.1) is 18.4 Å². The Bertz CT molecular complexity index is 1190. The summed E-state index contributed by atoms with van der Waals surface area (Å²) < 4.78 is 20.3. The number of halogens is 1. The van der Waals surface area contributed by atoms with Crippen LogP contribution in [0.25, 0.3) is 22.2 Å². The molecule has 4 nitrogen and oxygen atoms in total. The second-order valence-corrected chi connectivity index (χ2v) is 7.11. The SMILES string of the molecule is COC(=O)c1c(C)nc2c(ccn2Cc2ccc(F)cc2)c1-c1ccc(C)cc1. The number of esters is 1. The highest BCUT2D eigenvalue weighted by Gasteiger charge is 2.22. The number of rotatable bonds is 4. The number of aromatic nitrogens is 2. The summed E-state index contributed by atoms with van der Waals surface area (Å²) in [5, 5.41) is 0.877. The van der Waals surface area contributed by atoms with Crippen molar-refractivity contribution in [1.82, 2.24) is 9.55 Å². The molecule has 29 heavy (non-hydrogen) atoms. The quantitative estimate of drug-likeness (QED) is 0.446. The molecule has 0 bridgehead atoms. The average molecular weight is 388 g/mol. The number of benzene rings is 2. The van der Waals surface area contributed by atoms with Gasteiger partial charge in [0.1, 0.15) is 11.5 Å². The van der Waals surface area contributed by atoms with Crippen LogP contribution in [0.4, 0.5) is 4.39 Å². The van der Waals surface area contributed by atoms with E-state index in [4.69, 9.17) is 9.72 Å². The lowest BCUT2D eigenvalue weighted by molar-refractivity contribution is 0.0600. The summed E-state index contributed by atoms with van der Waals surface area (Å²) in [6.45, 7) is 4.40. The van der Waals surface area contributed by atoms with Crippen molar-refractivity contribution in [2.45, 2.75) is 20.4 Å². The van der Waals surface area contributed by atoms with Crippen LogP contribution in [0, 0.1) is 19.7 Å². The average Bonchev–Trinajstić information content (AvgIpc) is 3.11. The van der Waals surface area contributed by atoms with Gasteiger partial charge in [-0.2, -0.15) is 0 Å². The van der Waals surface area contributed by atoms with Gasteiger partial charge in [-0.05, 0) is 43.2 Å².